The molecule has 0 amide bonds. The normalized spacial score (nSPS) is 32.2. The largest absolute Gasteiger partial charge is 0.316 e. The van der Waals surface area contributed by atoms with E-state index < -0.39 is 0 Å². The minimum absolute atomic E-state index is 0. The number of nitrogens with one attached hydrogen (secondary N) is 2. The van der Waals surface area contributed by atoms with Crippen molar-refractivity contribution in [3.63, 3.8) is 0 Å². The van der Waals surface area contributed by atoms with Gasteiger partial charge in [0.25, 0.3) is 0 Å². The summed E-state index contributed by atoms with van der Waals surface area (Å²) in [5, 5.41) is 10.5. The standard InChI is InChI=1S/C13H23N5.ClH/c1-13(4-5-14-8-13)9-18-6-2-3-11(7-18)12-15-10-16-17-12;/h10-11,14H,2-9H2,1H3,(H,15,16,17);1H. The van der Waals surface area contributed by atoms with Crippen molar-refractivity contribution >= 4 is 12.4 Å². The molecule has 2 atom stereocenters. The Hall–Kier alpha value is -0.650. The van der Waals surface area contributed by atoms with E-state index in [-0.39, 0.29) is 12.4 Å². The van der Waals surface area contributed by atoms with Gasteiger partial charge >= 0.3 is 0 Å². The number of H-pyrrole nitrogens is 1. The molecule has 1 aromatic heterocycles. The van der Waals surface area contributed by atoms with E-state index in [1.807, 2.05) is 0 Å². The topological polar surface area (TPSA) is 56.8 Å². The lowest BCUT2D eigenvalue weighted by Crippen LogP contribution is -2.42. The molecule has 2 saturated heterocycles. The molecule has 0 bridgehead atoms. The summed E-state index contributed by atoms with van der Waals surface area (Å²) < 4.78 is 0. The summed E-state index contributed by atoms with van der Waals surface area (Å²) in [6.07, 6.45) is 5.43. The molecule has 2 aliphatic heterocycles. The van der Waals surface area contributed by atoms with Gasteiger partial charge in [0.05, 0.1) is 0 Å². The molecule has 2 fully saturated rings. The first-order valence-corrected chi connectivity index (χ1v) is 7.04. The first kappa shape index (κ1) is 14.8. The van der Waals surface area contributed by atoms with Crippen molar-refractivity contribution in [1.29, 1.82) is 0 Å². The molecule has 3 rings (SSSR count). The third-order valence-corrected chi connectivity index (χ3v) is 4.39. The van der Waals surface area contributed by atoms with Gasteiger partial charge < -0.3 is 10.2 Å². The van der Waals surface area contributed by atoms with Gasteiger partial charge in [0, 0.05) is 25.6 Å². The predicted molar refractivity (Wildman–Crippen MR) is 77.6 cm³/mol. The van der Waals surface area contributed by atoms with E-state index >= 15 is 0 Å². The second kappa shape index (κ2) is 6.20. The third-order valence-electron chi connectivity index (χ3n) is 4.39. The van der Waals surface area contributed by atoms with Crippen LogP contribution in [0.25, 0.3) is 0 Å². The molecule has 2 aliphatic rings. The summed E-state index contributed by atoms with van der Waals surface area (Å²) >= 11 is 0. The Morgan fingerprint density at radius 1 is 1.53 bits per heavy atom. The Labute approximate surface area is 121 Å². The van der Waals surface area contributed by atoms with Crippen molar-refractivity contribution in [2.24, 2.45) is 5.41 Å². The fraction of sp³-hybridized carbons (Fsp3) is 0.846. The van der Waals surface area contributed by atoms with Crippen LogP contribution in [0.15, 0.2) is 6.33 Å². The Balaban J connectivity index is 0.00000133. The molecule has 108 valence electrons. The zero-order chi connectivity index (χ0) is 12.4. The number of halogens is 1. The Morgan fingerprint density at radius 3 is 3.11 bits per heavy atom. The Bertz CT molecular complexity index is 374. The number of piperidine rings is 1. The van der Waals surface area contributed by atoms with Crippen LogP contribution < -0.4 is 5.32 Å². The van der Waals surface area contributed by atoms with Gasteiger partial charge in [-0.25, -0.2) is 4.98 Å². The van der Waals surface area contributed by atoms with Crippen molar-refractivity contribution in [2.45, 2.75) is 32.1 Å². The molecule has 0 aliphatic carbocycles. The Kier molecular flexibility index (Phi) is 4.81. The van der Waals surface area contributed by atoms with Gasteiger partial charge in [-0.2, -0.15) is 5.10 Å². The summed E-state index contributed by atoms with van der Waals surface area (Å²) in [5.74, 6) is 1.61. The zero-order valence-corrected chi connectivity index (χ0v) is 12.4. The van der Waals surface area contributed by atoms with Crippen LogP contribution in [0.4, 0.5) is 0 Å². The molecular formula is C13H24ClN5. The first-order chi connectivity index (χ1) is 8.75. The molecule has 1 aromatic rings. The van der Waals surface area contributed by atoms with E-state index in [2.05, 4.69) is 32.3 Å². The minimum Gasteiger partial charge on any atom is -0.316 e. The van der Waals surface area contributed by atoms with Gasteiger partial charge in [0.1, 0.15) is 12.2 Å². The van der Waals surface area contributed by atoms with Crippen LogP contribution in [-0.4, -0.2) is 52.8 Å². The molecule has 0 radical (unpaired) electrons. The highest BCUT2D eigenvalue weighted by molar-refractivity contribution is 5.85. The zero-order valence-electron chi connectivity index (χ0n) is 11.6. The van der Waals surface area contributed by atoms with Crippen LogP contribution in [0.1, 0.15) is 37.9 Å². The molecule has 0 saturated carbocycles. The van der Waals surface area contributed by atoms with Crippen LogP contribution >= 0.6 is 12.4 Å². The summed E-state index contributed by atoms with van der Waals surface area (Å²) in [7, 11) is 0. The quantitative estimate of drug-likeness (QED) is 0.882. The lowest BCUT2D eigenvalue weighted by Gasteiger charge is -2.37. The number of aromatic amines is 1. The van der Waals surface area contributed by atoms with Crippen LogP contribution in [0.2, 0.25) is 0 Å². The van der Waals surface area contributed by atoms with Crippen molar-refractivity contribution in [3.05, 3.63) is 12.2 Å². The second-order valence-electron chi connectivity index (χ2n) is 6.18. The summed E-state index contributed by atoms with van der Waals surface area (Å²) in [6.45, 7) is 8.33. The third kappa shape index (κ3) is 3.46. The summed E-state index contributed by atoms with van der Waals surface area (Å²) in [6, 6.07) is 0. The van der Waals surface area contributed by atoms with E-state index in [4.69, 9.17) is 0 Å². The molecule has 19 heavy (non-hydrogen) atoms. The van der Waals surface area contributed by atoms with Gasteiger partial charge in [-0.1, -0.05) is 6.92 Å². The van der Waals surface area contributed by atoms with Crippen molar-refractivity contribution < 1.29 is 0 Å². The maximum atomic E-state index is 4.32. The molecule has 2 unspecified atom stereocenters. The molecule has 0 aromatic carbocycles. The molecular weight excluding hydrogens is 262 g/mol. The molecule has 6 heteroatoms. The van der Waals surface area contributed by atoms with E-state index in [0.29, 0.717) is 11.3 Å². The smallest absolute Gasteiger partial charge is 0.137 e. The molecule has 5 nitrogen and oxygen atoms in total. The first-order valence-electron chi connectivity index (χ1n) is 7.04. The van der Waals surface area contributed by atoms with Crippen molar-refractivity contribution in [3.8, 4) is 0 Å². The summed E-state index contributed by atoms with van der Waals surface area (Å²) in [5.41, 5.74) is 0.462. The van der Waals surface area contributed by atoms with Gasteiger partial charge in [0.2, 0.25) is 0 Å². The van der Waals surface area contributed by atoms with Crippen LogP contribution in [-0.2, 0) is 0 Å². The van der Waals surface area contributed by atoms with Crippen LogP contribution in [0, 0.1) is 5.41 Å². The minimum atomic E-state index is 0. The molecule has 3 heterocycles. The highest BCUT2D eigenvalue weighted by Crippen LogP contribution is 2.30. The average Bonchev–Trinajstić information content (AvgIpc) is 3.01. The van der Waals surface area contributed by atoms with Crippen molar-refractivity contribution in [2.75, 3.05) is 32.7 Å². The van der Waals surface area contributed by atoms with E-state index in [0.717, 1.165) is 18.9 Å². The Morgan fingerprint density at radius 2 is 2.42 bits per heavy atom. The lowest BCUT2D eigenvalue weighted by molar-refractivity contribution is 0.139. The van der Waals surface area contributed by atoms with E-state index in [1.165, 1.54) is 38.9 Å². The maximum Gasteiger partial charge on any atom is 0.137 e. The van der Waals surface area contributed by atoms with Crippen LogP contribution in [0.3, 0.4) is 0 Å². The SMILES string of the molecule is CC1(CN2CCCC(c3ncn[nH]3)C2)CCNC1.Cl. The number of likely N-dealkylation sites (tertiary alicyclic amines) is 1. The highest BCUT2D eigenvalue weighted by Gasteiger charge is 2.33. The fourth-order valence-electron chi connectivity index (χ4n) is 3.38. The summed E-state index contributed by atoms with van der Waals surface area (Å²) in [4.78, 5) is 6.93. The van der Waals surface area contributed by atoms with Gasteiger partial charge in [-0.3, -0.25) is 5.10 Å². The van der Waals surface area contributed by atoms with Gasteiger partial charge in [0.15, 0.2) is 0 Å². The number of hydrogen-bond donors (Lipinski definition) is 2. The van der Waals surface area contributed by atoms with Gasteiger partial charge in [-0.05, 0) is 37.8 Å². The second-order valence-corrected chi connectivity index (χ2v) is 6.18. The maximum absolute atomic E-state index is 4.32. The monoisotopic (exact) mass is 285 g/mol. The van der Waals surface area contributed by atoms with Crippen molar-refractivity contribution in [1.82, 2.24) is 25.4 Å². The number of hydrogen-bond acceptors (Lipinski definition) is 4. The number of rotatable bonds is 3. The average molecular weight is 286 g/mol. The van der Waals surface area contributed by atoms with Gasteiger partial charge in [-0.15, -0.1) is 12.4 Å². The molecule has 2 N–H and O–H groups in total. The van der Waals surface area contributed by atoms with E-state index in [9.17, 15) is 0 Å². The number of nitrogens with zero attached hydrogens (tertiary/aromatic N) is 3. The number of aromatic nitrogens is 3. The van der Waals surface area contributed by atoms with E-state index in [1.54, 1.807) is 6.33 Å². The lowest BCUT2D eigenvalue weighted by atomic mass is 9.87. The molecule has 0 spiro atoms. The van der Waals surface area contributed by atoms with Crippen LogP contribution in [0.5, 0.6) is 0 Å². The fourth-order valence-corrected chi connectivity index (χ4v) is 3.38. The predicted octanol–water partition coefficient (Wildman–Crippen LogP) is 1.41. The highest BCUT2D eigenvalue weighted by atomic mass is 35.5.